The molecule has 0 radical (unpaired) electrons. The van der Waals surface area contributed by atoms with Gasteiger partial charge >= 0.3 is 5.97 Å². The molecule has 0 aromatic carbocycles. The van der Waals surface area contributed by atoms with Crippen LogP contribution in [0.5, 0.6) is 0 Å². The largest absolute Gasteiger partial charge is 0.481 e. The third-order valence-corrected chi connectivity index (χ3v) is 3.95. The van der Waals surface area contributed by atoms with Crippen LogP contribution in [0.2, 0.25) is 0 Å². The zero-order valence-corrected chi connectivity index (χ0v) is 12.4. The number of rotatable bonds is 6. The number of hydrogen-bond acceptors (Lipinski definition) is 5. The van der Waals surface area contributed by atoms with Gasteiger partial charge in [0, 0.05) is 12.1 Å². The molecule has 1 aromatic rings. The van der Waals surface area contributed by atoms with Crippen LogP contribution in [0.3, 0.4) is 0 Å². The van der Waals surface area contributed by atoms with Crippen LogP contribution >= 0.6 is 0 Å². The lowest BCUT2D eigenvalue weighted by Gasteiger charge is -2.28. The number of carboxylic acid groups (broad SMARTS) is 1. The standard InChI is InChI=1S/C14H17N3O6/c18-11(15-14(7-13(20)21)5-1-2-6-14)9-16-8-10(17(22)23)3-4-12(16)19/h3-4,8H,1-2,5-7,9H2,(H,15,18)(H,20,21). The molecule has 2 N–H and O–H groups in total. The van der Waals surface area contributed by atoms with E-state index in [-0.39, 0.29) is 18.7 Å². The topological polar surface area (TPSA) is 132 Å². The van der Waals surface area contributed by atoms with Gasteiger partial charge in [-0.2, -0.15) is 0 Å². The summed E-state index contributed by atoms with van der Waals surface area (Å²) < 4.78 is 0.941. The Hall–Kier alpha value is -2.71. The Labute approximate surface area is 131 Å². The summed E-state index contributed by atoms with van der Waals surface area (Å²) in [7, 11) is 0. The molecule has 9 heteroatoms. The summed E-state index contributed by atoms with van der Waals surface area (Å²) in [5.74, 6) is -1.53. The minimum atomic E-state index is -1.00. The zero-order chi connectivity index (χ0) is 17.0. The van der Waals surface area contributed by atoms with E-state index in [0.29, 0.717) is 12.8 Å². The van der Waals surface area contributed by atoms with E-state index < -0.39 is 27.9 Å². The zero-order valence-electron chi connectivity index (χ0n) is 12.4. The molecule has 23 heavy (non-hydrogen) atoms. The Kier molecular flexibility index (Phi) is 4.77. The summed E-state index contributed by atoms with van der Waals surface area (Å²) in [6.07, 6.45) is 3.60. The number of amides is 1. The van der Waals surface area contributed by atoms with Crippen molar-refractivity contribution in [3.63, 3.8) is 0 Å². The molecular weight excluding hydrogens is 306 g/mol. The van der Waals surface area contributed by atoms with Crippen molar-refractivity contribution < 1.29 is 19.6 Å². The predicted molar refractivity (Wildman–Crippen MR) is 79.0 cm³/mol. The number of pyridine rings is 1. The first-order valence-electron chi connectivity index (χ1n) is 7.19. The van der Waals surface area contributed by atoms with Crippen molar-refractivity contribution in [2.24, 2.45) is 0 Å². The average Bonchev–Trinajstić information content (AvgIpc) is 2.87. The summed E-state index contributed by atoms with van der Waals surface area (Å²) in [6, 6.07) is 2.09. The van der Waals surface area contributed by atoms with Crippen LogP contribution in [0.1, 0.15) is 32.1 Å². The molecule has 9 nitrogen and oxygen atoms in total. The fourth-order valence-electron chi connectivity index (χ4n) is 2.93. The lowest BCUT2D eigenvalue weighted by molar-refractivity contribution is -0.385. The molecule has 2 rings (SSSR count). The minimum absolute atomic E-state index is 0.178. The van der Waals surface area contributed by atoms with Gasteiger partial charge in [-0.3, -0.25) is 29.1 Å². The second kappa shape index (κ2) is 6.59. The summed E-state index contributed by atoms with van der Waals surface area (Å²) in [4.78, 5) is 44.9. The van der Waals surface area contributed by atoms with E-state index in [4.69, 9.17) is 5.11 Å². The van der Waals surface area contributed by atoms with Crippen molar-refractivity contribution in [2.45, 2.75) is 44.2 Å². The predicted octanol–water partition coefficient (Wildman–Crippen LogP) is 0.660. The second-order valence-electron chi connectivity index (χ2n) is 5.72. The highest BCUT2D eigenvalue weighted by molar-refractivity contribution is 5.78. The maximum absolute atomic E-state index is 12.2. The summed E-state index contributed by atoms with van der Waals surface area (Å²) >= 11 is 0. The van der Waals surface area contributed by atoms with Crippen LogP contribution in [0.25, 0.3) is 0 Å². The van der Waals surface area contributed by atoms with Gasteiger partial charge in [-0.15, -0.1) is 0 Å². The van der Waals surface area contributed by atoms with Gasteiger partial charge in [-0.1, -0.05) is 12.8 Å². The molecule has 1 fully saturated rings. The van der Waals surface area contributed by atoms with Crippen molar-refractivity contribution in [3.8, 4) is 0 Å². The van der Waals surface area contributed by atoms with Gasteiger partial charge in [0.2, 0.25) is 5.91 Å². The maximum Gasteiger partial charge on any atom is 0.305 e. The Morgan fingerprint density at radius 2 is 2.00 bits per heavy atom. The molecule has 124 valence electrons. The molecular formula is C14H17N3O6. The molecule has 1 amide bonds. The van der Waals surface area contributed by atoms with E-state index in [2.05, 4.69) is 5.32 Å². The number of aromatic nitrogens is 1. The lowest BCUT2D eigenvalue weighted by atomic mass is 9.93. The smallest absolute Gasteiger partial charge is 0.305 e. The van der Waals surface area contributed by atoms with E-state index in [0.717, 1.165) is 35.7 Å². The first-order chi connectivity index (χ1) is 10.8. The first kappa shape index (κ1) is 16.7. The number of nitrogens with zero attached hydrogens (tertiary/aromatic N) is 2. The van der Waals surface area contributed by atoms with Crippen LogP contribution in [0.15, 0.2) is 23.1 Å². The SMILES string of the molecule is O=C(O)CC1(NC(=O)Cn2cc([N+](=O)[O-])ccc2=O)CCCC1. The van der Waals surface area contributed by atoms with Crippen molar-refractivity contribution in [3.05, 3.63) is 38.8 Å². The van der Waals surface area contributed by atoms with E-state index in [9.17, 15) is 24.5 Å². The van der Waals surface area contributed by atoms with Gasteiger partial charge in [-0.25, -0.2) is 0 Å². The lowest BCUT2D eigenvalue weighted by Crippen LogP contribution is -2.49. The molecule has 0 aliphatic heterocycles. The number of carbonyl (C=O) groups is 2. The third kappa shape index (κ3) is 4.15. The molecule has 0 spiro atoms. The summed E-state index contributed by atoms with van der Waals surface area (Å²) in [6.45, 7) is -0.387. The number of nitrogens with one attached hydrogen (secondary N) is 1. The van der Waals surface area contributed by atoms with Crippen LogP contribution in [-0.4, -0.2) is 32.0 Å². The highest BCUT2D eigenvalue weighted by Crippen LogP contribution is 2.32. The Balaban J connectivity index is 2.12. The summed E-state index contributed by atoms with van der Waals surface area (Å²) in [5, 5.41) is 22.4. The number of hydrogen-bond donors (Lipinski definition) is 2. The van der Waals surface area contributed by atoms with E-state index >= 15 is 0 Å². The van der Waals surface area contributed by atoms with Gasteiger partial charge in [0.1, 0.15) is 6.54 Å². The highest BCUT2D eigenvalue weighted by Gasteiger charge is 2.37. The van der Waals surface area contributed by atoms with Crippen LogP contribution in [-0.2, 0) is 16.1 Å². The molecule has 1 saturated carbocycles. The fourth-order valence-corrected chi connectivity index (χ4v) is 2.93. The van der Waals surface area contributed by atoms with Gasteiger partial charge in [0.15, 0.2) is 0 Å². The first-order valence-corrected chi connectivity index (χ1v) is 7.19. The van der Waals surface area contributed by atoms with Crippen molar-refractivity contribution >= 4 is 17.6 Å². The Morgan fingerprint density at radius 3 is 2.57 bits per heavy atom. The molecule has 1 aliphatic carbocycles. The van der Waals surface area contributed by atoms with Crippen molar-refractivity contribution in [1.29, 1.82) is 0 Å². The molecule has 0 saturated heterocycles. The molecule has 1 aromatic heterocycles. The Morgan fingerprint density at radius 1 is 1.35 bits per heavy atom. The summed E-state index contributed by atoms with van der Waals surface area (Å²) in [5.41, 5.74) is -1.63. The van der Waals surface area contributed by atoms with E-state index in [1.165, 1.54) is 0 Å². The minimum Gasteiger partial charge on any atom is -0.481 e. The Bertz CT molecular complexity index is 690. The maximum atomic E-state index is 12.2. The van der Waals surface area contributed by atoms with Gasteiger partial charge in [-0.05, 0) is 12.8 Å². The molecule has 0 bridgehead atoms. The van der Waals surface area contributed by atoms with Crippen molar-refractivity contribution in [1.82, 2.24) is 9.88 Å². The van der Waals surface area contributed by atoms with E-state index in [1.807, 2.05) is 0 Å². The van der Waals surface area contributed by atoms with Crippen LogP contribution in [0.4, 0.5) is 5.69 Å². The number of nitro groups is 1. The van der Waals surface area contributed by atoms with Gasteiger partial charge in [0.25, 0.3) is 11.2 Å². The van der Waals surface area contributed by atoms with E-state index in [1.54, 1.807) is 0 Å². The van der Waals surface area contributed by atoms with Gasteiger partial charge < -0.3 is 10.4 Å². The quantitative estimate of drug-likeness (QED) is 0.584. The number of aliphatic carboxylic acids is 1. The fraction of sp³-hybridized carbons (Fsp3) is 0.500. The highest BCUT2D eigenvalue weighted by atomic mass is 16.6. The van der Waals surface area contributed by atoms with Crippen LogP contribution in [0, 0.1) is 10.1 Å². The van der Waals surface area contributed by atoms with Crippen LogP contribution < -0.4 is 10.9 Å². The normalized spacial score (nSPS) is 16.0. The monoisotopic (exact) mass is 323 g/mol. The molecule has 1 heterocycles. The third-order valence-electron chi connectivity index (χ3n) is 3.95. The molecule has 0 unspecified atom stereocenters. The average molecular weight is 323 g/mol. The van der Waals surface area contributed by atoms with Gasteiger partial charge in [0.05, 0.1) is 23.1 Å². The molecule has 1 aliphatic rings. The number of carbonyl (C=O) groups excluding carboxylic acids is 1. The molecule has 0 atom stereocenters. The number of carboxylic acids is 1. The second-order valence-corrected chi connectivity index (χ2v) is 5.72. The van der Waals surface area contributed by atoms with Crippen molar-refractivity contribution in [2.75, 3.05) is 0 Å².